The van der Waals surface area contributed by atoms with Gasteiger partial charge in [-0.05, 0) is 36.8 Å². The van der Waals surface area contributed by atoms with Crippen LogP contribution >= 0.6 is 11.8 Å². The molecule has 9 heteroatoms. The van der Waals surface area contributed by atoms with Crippen molar-refractivity contribution in [3.8, 4) is 0 Å². The van der Waals surface area contributed by atoms with E-state index in [1.54, 1.807) is 17.8 Å². The normalized spacial score (nSPS) is 13.3. The highest BCUT2D eigenvalue weighted by Crippen LogP contribution is 2.28. The van der Waals surface area contributed by atoms with Crippen molar-refractivity contribution in [3.05, 3.63) is 47.8 Å². The summed E-state index contributed by atoms with van der Waals surface area (Å²) in [6.45, 7) is 6.18. The van der Waals surface area contributed by atoms with E-state index in [1.807, 2.05) is 31.2 Å². The van der Waals surface area contributed by atoms with Crippen LogP contribution in [0.4, 0.5) is 19.0 Å². The molecule has 5 nitrogen and oxygen atoms in total. The number of rotatable bonds is 5. The molecular formula is C17H18F3N5S. The molecule has 3 aromatic rings. The average Bonchev–Trinajstić information content (AvgIpc) is 2.98. The van der Waals surface area contributed by atoms with Crippen LogP contribution in [0.1, 0.15) is 38.2 Å². The number of nitrogens with one attached hydrogen (secondary N) is 1. The number of hydrogen-bond donors (Lipinski definition) is 1. The minimum Gasteiger partial charge on any atom is -0.362 e. The molecule has 1 N–H and O–H groups in total. The number of hydrogen-bond acceptors (Lipinski definition) is 5. The molecule has 1 unspecified atom stereocenters. The summed E-state index contributed by atoms with van der Waals surface area (Å²) in [4.78, 5) is 1.18. The fourth-order valence-corrected chi connectivity index (χ4v) is 3.29. The van der Waals surface area contributed by atoms with Gasteiger partial charge in [0, 0.05) is 16.2 Å². The molecule has 0 aliphatic heterocycles. The summed E-state index contributed by atoms with van der Waals surface area (Å²) in [6, 6.07) is 11.0. The van der Waals surface area contributed by atoms with Gasteiger partial charge < -0.3 is 5.32 Å². The Morgan fingerprint density at radius 1 is 1.00 bits per heavy atom. The monoisotopic (exact) mass is 381 g/mol. The van der Waals surface area contributed by atoms with Crippen LogP contribution in [0, 0.1) is 0 Å². The van der Waals surface area contributed by atoms with E-state index in [0.29, 0.717) is 15.6 Å². The Kier molecular flexibility index (Phi) is 5.08. The zero-order valence-corrected chi connectivity index (χ0v) is 15.3. The number of anilines is 1. The molecule has 0 aliphatic rings. The fourth-order valence-electron chi connectivity index (χ4n) is 2.46. The van der Waals surface area contributed by atoms with E-state index in [0.717, 1.165) is 5.56 Å². The van der Waals surface area contributed by atoms with Gasteiger partial charge >= 0.3 is 6.18 Å². The third-order valence-electron chi connectivity index (χ3n) is 3.63. The molecule has 3 rings (SSSR count). The van der Waals surface area contributed by atoms with E-state index in [-0.39, 0.29) is 11.7 Å². The maximum atomic E-state index is 13.0. The lowest BCUT2D eigenvalue weighted by Gasteiger charge is -2.16. The van der Waals surface area contributed by atoms with Crippen molar-refractivity contribution in [2.24, 2.45) is 0 Å². The predicted octanol–water partition coefficient (Wildman–Crippen LogP) is 4.82. The first-order chi connectivity index (χ1) is 12.2. The van der Waals surface area contributed by atoms with Gasteiger partial charge in [-0.1, -0.05) is 26.0 Å². The Morgan fingerprint density at radius 2 is 1.69 bits per heavy atom. The largest absolute Gasteiger partial charge is 0.453 e. The van der Waals surface area contributed by atoms with Gasteiger partial charge in [0.1, 0.15) is 5.82 Å². The molecule has 0 spiro atoms. The molecule has 0 saturated heterocycles. The fraction of sp³-hybridized carbons (Fsp3) is 0.353. The van der Waals surface area contributed by atoms with Crippen LogP contribution in [0.2, 0.25) is 0 Å². The van der Waals surface area contributed by atoms with Crippen molar-refractivity contribution >= 4 is 23.2 Å². The SMILES string of the molecule is CC(C)Sc1ccc(C(C)Nc2ccc3nnc(C(F)(F)F)n3n2)cc1. The molecule has 0 saturated carbocycles. The molecule has 2 heterocycles. The molecular weight excluding hydrogens is 363 g/mol. The molecule has 2 aromatic heterocycles. The van der Waals surface area contributed by atoms with E-state index in [9.17, 15) is 13.2 Å². The van der Waals surface area contributed by atoms with E-state index in [1.165, 1.54) is 11.0 Å². The Hall–Kier alpha value is -2.29. The first-order valence-electron chi connectivity index (χ1n) is 8.07. The van der Waals surface area contributed by atoms with Crippen LogP contribution in [0.5, 0.6) is 0 Å². The van der Waals surface area contributed by atoms with Crippen LogP contribution < -0.4 is 5.32 Å². The summed E-state index contributed by atoms with van der Waals surface area (Å²) in [5.74, 6) is -0.824. The van der Waals surface area contributed by atoms with Gasteiger partial charge in [-0.3, -0.25) is 0 Å². The van der Waals surface area contributed by atoms with Crippen LogP contribution in [0.25, 0.3) is 5.65 Å². The summed E-state index contributed by atoms with van der Waals surface area (Å²) in [5, 5.41) is 14.3. The van der Waals surface area contributed by atoms with Gasteiger partial charge in [0.2, 0.25) is 0 Å². The molecule has 1 aromatic carbocycles. The van der Waals surface area contributed by atoms with Crippen LogP contribution in [-0.2, 0) is 6.18 Å². The van der Waals surface area contributed by atoms with E-state index in [4.69, 9.17) is 0 Å². The Morgan fingerprint density at radius 3 is 2.31 bits per heavy atom. The number of aromatic nitrogens is 4. The number of thioether (sulfide) groups is 1. The van der Waals surface area contributed by atoms with E-state index >= 15 is 0 Å². The maximum Gasteiger partial charge on any atom is 0.453 e. The minimum absolute atomic E-state index is 0.0468. The van der Waals surface area contributed by atoms with Gasteiger partial charge in [-0.25, -0.2) is 0 Å². The summed E-state index contributed by atoms with van der Waals surface area (Å²) in [6.07, 6.45) is -4.61. The molecule has 0 aliphatic carbocycles. The quantitative estimate of drug-likeness (QED) is 0.643. The molecule has 1 atom stereocenters. The topological polar surface area (TPSA) is 55.1 Å². The molecule has 0 radical (unpaired) electrons. The van der Waals surface area contributed by atoms with Crippen molar-refractivity contribution in [2.75, 3.05) is 5.32 Å². The summed E-state index contributed by atoms with van der Waals surface area (Å²) >= 11 is 1.77. The predicted molar refractivity (Wildman–Crippen MR) is 95.3 cm³/mol. The lowest BCUT2D eigenvalue weighted by Crippen LogP contribution is -2.14. The maximum absolute atomic E-state index is 13.0. The third-order valence-corrected chi connectivity index (χ3v) is 4.65. The zero-order valence-electron chi connectivity index (χ0n) is 14.4. The molecule has 0 amide bonds. The standard InChI is InChI=1S/C17H18F3N5S/c1-10(2)26-13-6-4-12(5-7-13)11(3)21-14-8-9-15-22-23-16(17(18,19)20)25(15)24-14/h4-11H,1-3H3,(H,21,24). The molecule has 26 heavy (non-hydrogen) atoms. The first kappa shape index (κ1) is 18.5. The third kappa shape index (κ3) is 4.09. The number of alkyl halides is 3. The second-order valence-corrected chi connectivity index (χ2v) is 7.76. The van der Waals surface area contributed by atoms with E-state index < -0.39 is 12.0 Å². The number of benzene rings is 1. The second kappa shape index (κ2) is 7.14. The van der Waals surface area contributed by atoms with Crippen molar-refractivity contribution in [2.45, 2.75) is 43.1 Å². The summed E-state index contributed by atoms with van der Waals surface area (Å²) < 4.78 is 39.6. The molecule has 0 fully saturated rings. The average molecular weight is 381 g/mol. The van der Waals surface area contributed by atoms with Gasteiger partial charge in [0.25, 0.3) is 5.82 Å². The van der Waals surface area contributed by atoms with Crippen molar-refractivity contribution in [3.63, 3.8) is 0 Å². The van der Waals surface area contributed by atoms with Crippen molar-refractivity contribution in [1.82, 2.24) is 19.8 Å². The van der Waals surface area contributed by atoms with Crippen molar-refractivity contribution < 1.29 is 13.2 Å². The molecule has 0 bridgehead atoms. The highest BCUT2D eigenvalue weighted by Gasteiger charge is 2.37. The zero-order chi connectivity index (χ0) is 18.9. The lowest BCUT2D eigenvalue weighted by molar-refractivity contribution is -0.146. The first-order valence-corrected chi connectivity index (χ1v) is 8.95. The van der Waals surface area contributed by atoms with Crippen molar-refractivity contribution in [1.29, 1.82) is 0 Å². The van der Waals surface area contributed by atoms with Crippen LogP contribution in [-0.4, -0.2) is 25.1 Å². The van der Waals surface area contributed by atoms with E-state index in [2.05, 4.69) is 34.5 Å². The van der Waals surface area contributed by atoms with Gasteiger partial charge in [0.05, 0.1) is 0 Å². The number of halogens is 3. The Bertz CT molecular complexity index is 890. The highest BCUT2D eigenvalue weighted by molar-refractivity contribution is 7.99. The second-order valence-electron chi connectivity index (χ2n) is 6.11. The number of fused-ring (bicyclic) bond motifs is 1. The Labute approximate surface area is 153 Å². The summed E-state index contributed by atoms with van der Waals surface area (Å²) in [7, 11) is 0. The minimum atomic E-state index is -4.61. The van der Waals surface area contributed by atoms with Gasteiger partial charge in [-0.15, -0.1) is 27.1 Å². The molecule has 138 valence electrons. The van der Waals surface area contributed by atoms with Gasteiger partial charge in [-0.2, -0.15) is 17.7 Å². The van der Waals surface area contributed by atoms with Crippen LogP contribution in [0.3, 0.4) is 0 Å². The summed E-state index contributed by atoms with van der Waals surface area (Å²) in [5.41, 5.74) is 1.06. The number of nitrogens with zero attached hydrogens (tertiary/aromatic N) is 4. The van der Waals surface area contributed by atoms with Gasteiger partial charge in [0.15, 0.2) is 5.65 Å². The highest BCUT2D eigenvalue weighted by atomic mass is 32.2. The lowest BCUT2D eigenvalue weighted by atomic mass is 10.1. The van der Waals surface area contributed by atoms with Crippen LogP contribution in [0.15, 0.2) is 41.3 Å². The smallest absolute Gasteiger partial charge is 0.362 e. The Balaban J connectivity index is 1.79.